The van der Waals surface area contributed by atoms with Crippen LogP contribution >= 0.6 is 0 Å². The molecule has 2 aromatic carbocycles. The van der Waals surface area contributed by atoms with Gasteiger partial charge in [0.25, 0.3) is 5.69 Å². The second-order valence-corrected chi connectivity index (χ2v) is 9.42. The highest BCUT2D eigenvalue weighted by molar-refractivity contribution is 5.97. The van der Waals surface area contributed by atoms with Crippen molar-refractivity contribution in [3.63, 3.8) is 0 Å². The molecule has 2 amide bonds. The second kappa shape index (κ2) is 10.1. The average molecular weight is 491 g/mol. The van der Waals surface area contributed by atoms with E-state index in [2.05, 4.69) is 11.9 Å². The van der Waals surface area contributed by atoms with Crippen LogP contribution < -0.4 is 0 Å². The summed E-state index contributed by atoms with van der Waals surface area (Å²) < 4.78 is 5.63. The number of rotatable bonds is 9. The van der Waals surface area contributed by atoms with Crippen LogP contribution in [0, 0.1) is 10.1 Å². The zero-order valence-corrected chi connectivity index (χ0v) is 20.3. The summed E-state index contributed by atoms with van der Waals surface area (Å²) in [7, 11) is 0. The number of nitro benzene ring substituents is 1. The van der Waals surface area contributed by atoms with E-state index in [0.29, 0.717) is 38.2 Å². The SMILES string of the molecule is CCCCOCCCN1CC(=O)N2C(c3cccc([N+](=O)[O-])c3)c3[nH]c4ccccc4c3C[C@@H]2C1=O. The minimum Gasteiger partial charge on any atom is -0.381 e. The molecule has 3 heterocycles. The van der Waals surface area contributed by atoms with Gasteiger partial charge >= 0.3 is 0 Å². The highest BCUT2D eigenvalue weighted by Crippen LogP contribution is 2.43. The van der Waals surface area contributed by atoms with Crippen LogP contribution in [0.3, 0.4) is 0 Å². The van der Waals surface area contributed by atoms with Gasteiger partial charge in [0.2, 0.25) is 11.8 Å². The monoisotopic (exact) mass is 490 g/mol. The minimum atomic E-state index is -0.664. The lowest BCUT2D eigenvalue weighted by Gasteiger charge is -2.47. The molecule has 2 aliphatic heterocycles. The van der Waals surface area contributed by atoms with Crippen molar-refractivity contribution in [3.05, 3.63) is 75.5 Å². The molecule has 0 saturated carbocycles. The number of aromatic nitrogens is 1. The molecule has 1 aromatic heterocycles. The van der Waals surface area contributed by atoms with Crippen LogP contribution in [-0.4, -0.2) is 63.9 Å². The van der Waals surface area contributed by atoms with E-state index < -0.39 is 17.0 Å². The Kier molecular flexibility index (Phi) is 6.73. The van der Waals surface area contributed by atoms with Crippen LogP contribution in [0.4, 0.5) is 5.69 Å². The molecule has 0 radical (unpaired) electrons. The van der Waals surface area contributed by atoms with Gasteiger partial charge in [0.05, 0.1) is 17.5 Å². The maximum Gasteiger partial charge on any atom is 0.269 e. The Morgan fingerprint density at radius 3 is 2.72 bits per heavy atom. The fraction of sp³-hybridized carbons (Fsp3) is 0.407. The number of hydrogen-bond donors (Lipinski definition) is 1. The Labute approximate surface area is 209 Å². The number of unbranched alkanes of at least 4 members (excludes halogenated alkanes) is 1. The first-order chi connectivity index (χ1) is 17.5. The quantitative estimate of drug-likeness (QED) is 0.277. The Hall–Kier alpha value is -3.72. The topological polar surface area (TPSA) is 109 Å². The van der Waals surface area contributed by atoms with E-state index in [1.807, 2.05) is 24.3 Å². The number of amides is 2. The van der Waals surface area contributed by atoms with E-state index in [1.54, 1.807) is 21.9 Å². The number of para-hydroxylation sites is 1. The molecule has 188 valence electrons. The van der Waals surface area contributed by atoms with Crippen molar-refractivity contribution in [2.24, 2.45) is 0 Å². The van der Waals surface area contributed by atoms with Crippen molar-refractivity contribution in [2.75, 3.05) is 26.3 Å². The number of nitrogens with one attached hydrogen (secondary N) is 1. The summed E-state index contributed by atoms with van der Waals surface area (Å²) in [5.74, 6) is -0.248. The van der Waals surface area contributed by atoms with E-state index in [1.165, 1.54) is 12.1 Å². The number of aromatic amines is 1. The van der Waals surface area contributed by atoms with Gasteiger partial charge in [0.1, 0.15) is 6.04 Å². The summed E-state index contributed by atoms with van der Waals surface area (Å²) in [4.78, 5) is 45.0. The molecular formula is C27H30N4O5. The number of carbonyl (C=O) groups excluding carboxylic acids is 2. The number of hydrogen-bond acceptors (Lipinski definition) is 5. The summed E-state index contributed by atoms with van der Waals surface area (Å²) in [6, 6.07) is 12.9. The summed E-state index contributed by atoms with van der Waals surface area (Å²) >= 11 is 0. The van der Waals surface area contributed by atoms with E-state index >= 15 is 0 Å². The van der Waals surface area contributed by atoms with Gasteiger partial charge in [0, 0.05) is 54.9 Å². The summed E-state index contributed by atoms with van der Waals surface area (Å²) in [5.41, 5.74) is 3.27. The molecule has 1 saturated heterocycles. The Bertz CT molecular complexity index is 1300. The highest BCUT2D eigenvalue weighted by Gasteiger charge is 2.48. The molecule has 36 heavy (non-hydrogen) atoms. The fourth-order valence-corrected chi connectivity index (χ4v) is 5.37. The molecular weight excluding hydrogens is 460 g/mol. The molecule has 1 N–H and O–H groups in total. The summed E-state index contributed by atoms with van der Waals surface area (Å²) in [6.45, 7) is 3.81. The van der Waals surface area contributed by atoms with E-state index in [-0.39, 0.29) is 24.0 Å². The molecule has 1 unspecified atom stereocenters. The van der Waals surface area contributed by atoms with Gasteiger partial charge in [0.15, 0.2) is 0 Å². The Balaban J connectivity index is 1.49. The number of ether oxygens (including phenoxy) is 1. The van der Waals surface area contributed by atoms with Crippen molar-refractivity contribution in [2.45, 2.75) is 44.7 Å². The molecule has 0 bridgehead atoms. The molecule has 9 nitrogen and oxygen atoms in total. The van der Waals surface area contributed by atoms with Gasteiger partial charge in [-0.05, 0) is 30.0 Å². The lowest BCUT2D eigenvalue weighted by atomic mass is 9.86. The summed E-state index contributed by atoms with van der Waals surface area (Å²) in [5, 5.41) is 12.5. The number of benzene rings is 2. The van der Waals surface area contributed by atoms with E-state index in [4.69, 9.17) is 4.74 Å². The highest BCUT2D eigenvalue weighted by atomic mass is 16.6. The predicted molar refractivity (Wildman–Crippen MR) is 135 cm³/mol. The Morgan fingerprint density at radius 1 is 1.11 bits per heavy atom. The van der Waals surface area contributed by atoms with Gasteiger partial charge in [-0.1, -0.05) is 43.7 Å². The normalized spacial score (nSPS) is 19.5. The fourth-order valence-electron chi connectivity index (χ4n) is 5.37. The minimum absolute atomic E-state index is 0.00865. The van der Waals surface area contributed by atoms with Gasteiger partial charge in [-0.3, -0.25) is 19.7 Å². The van der Waals surface area contributed by atoms with Crippen molar-refractivity contribution in [3.8, 4) is 0 Å². The molecule has 3 aromatic rings. The largest absolute Gasteiger partial charge is 0.381 e. The van der Waals surface area contributed by atoms with Crippen LogP contribution in [0.5, 0.6) is 0 Å². The zero-order chi connectivity index (χ0) is 25.2. The van der Waals surface area contributed by atoms with Crippen LogP contribution in [0.1, 0.15) is 49.0 Å². The molecule has 0 spiro atoms. The lowest BCUT2D eigenvalue weighted by Crippen LogP contribution is -2.63. The average Bonchev–Trinajstić information content (AvgIpc) is 3.26. The lowest BCUT2D eigenvalue weighted by molar-refractivity contribution is -0.384. The maximum absolute atomic E-state index is 13.7. The maximum atomic E-state index is 13.7. The smallest absolute Gasteiger partial charge is 0.269 e. The third-order valence-corrected chi connectivity index (χ3v) is 7.10. The standard InChI is InChI=1S/C27H30N4O5/c1-2-3-13-36-14-7-12-29-17-24(32)30-23(27(29)33)16-21-20-10-4-5-11-22(20)28-25(21)26(30)18-8-6-9-19(15-18)31(34)35/h4-6,8-11,15,23,26,28H,2-3,7,12-14,16-17H2,1H3/t23-,26?/m1/s1. The first-order valence-corrected chi connectivity index (χ1v) is 12.5. The molecule has 2 atom stereocenters. The van der Waals surface area contributed by atoms with Crippen molar-refractivity contribution < 1.29 is 19.2 Å². The van der Waals surface area contributed by atoms with Gasteiger partial charge in [-0.25, -0.2) is 0 Å². The number of H-pyrrole nitrogens is 1. The molecule has 1 fully saturated rings. The first-order valence-electron chi connectivity index (χ1n) is 12.5. The second-order valence-electron chi connectivity index (χ2n) is 9.42. The van der Waals surface area contributed by atoms with Gasteiger partial charge < -0.3 is 19.5 Å². The first kappa shape index (κ1) is 24.0. The zero-order valence-electron chi connectivity index (χ0n) is 20.3. The van der Waals surface area contributed by atoms with Crippen LogP contribution in [0.25, 0.3) is 10.9 Å². The van der Waals surface area contributed by atoms with Crippen molar-refractivity contribution >= 4 is 28.4 Å². The van der Waals surface area contributed by atoms with Gasteiger partial charge in [-0.15, -0.1) is 0 Å². The van der Waals surface area contributed by atoms with Crippen LogP contribution in [-0.2, 0) is 20.7 Å². The van der Waals surface area contributed by atoms with Crippen LogP contribution in [0.2, 0.25) is 0 Å². The molecule has 5 rings (SSSR count). The molecule has 2 aliphatic rings. The summed E-state index contributed by atoms with van der Waals surface area (Å²) in [6.07, 6.45) is 3.14. The number of non-ortho nitro benzene ring substituents is 1. The molecule has 9 heteroatoms. The molecule has 0 aliphatic carbocycles. The number of nitrogens with zero attached hydrogens (tertiary/aromatic N) is 3. The van der Waals surface area contributed by atoms with Crippen LogP contribution in [0.15, 0.2) is 48.5 Å². The number of piperazine rings is 1. The third-order valence-electron chi connectivity index (χ3n) is 7.10. The van der Waals surface area contributed by atoms with E-state index in [9.17, 15) is 19.7 Å². The van der Waals surface area contributed by atoms with Crippen molar-refractivity contribution in [1.82, 2.24) is 14.8 Å². The number of carbonyl (C=O) groups is 2. The van der Waals surface area contributed by atoms with Gasteiger partial charge in [-0.2, -0.15) is 0 Å². The predicted octanol–water partition coefficient (Wildman–Crippen LogP) is 3.97. The third kappa shape index (κ3) is 4.35. The Morgan fingerprint density at radius 2 is 1.92 bits per heavy atom. The number of fused-ring (bicyclic) bond motifs is 4. The van der Waals surface area contributed by atoms with Crippen molar-refractivity contribution in [1.29, 1.82) is 0 Å². The van der Waals surface area contributed by atoms with E-state index in [0.717, 1.165) is 35.0 Å². The number of nitro groups is 1.